The second kappa shape index (κ2) is 6.50. The SMILES string of the molecule is CCCCCCCc1cnc2nc(N)nc(N)c2c1C. The van der Waals surface area contributed by atoms with Crippen LogP contribution in [0.1, 0.15) is 50.2 Å². The van der Waals surface area contributed by atoms with Crippen LogP contribution in [0.3, 0.4) is 0 Å². The van der Waals surface area contributed by atoms with Crippen LogP contribution in [0.4, 0.5) is 11.8 Å². The van der Waals surface area contributed by atoms with Crippen molar-refractivity contribution in [1.29, 1.82) is 0 Å². The Morgan fingerprint density at radius 1 is 1.05 bits per heavy atom. The van der Waals surface area contributed by atoms with Crippen LogP contribution in [0.2, 0.25) is 0 Å². The quantitative estimate of drug-likeness (QED) is 0.789. The standard InChI is InChI=1S/C15H23N5/c1-3-4-5-6-7-8-11-9-18-14-12(10(11)2)13(16)19-15(17)20-14/h9H,3-8H2,1-2H3,(H4,16,17,18,19,20). The van der Waals surface area contributed by atoms with Gasteiger partial charge in [0.05, 0.1) is 5.39 Å². The second-order valence-corrected chi connectivity index (χ2v) is 5.24. The number of nitrogens with zero attached hydrogens (tertiary/aromatic N) is 3. The number of pyridine rings is 1. The zero-order chi connectivity index (χ0) is 14.5. The normalized spacial score (nSPS) is 11.1. The Morgan fingerprint density at radius 3 is 2.55 bits per heavy atom. The fourth-order valence-corrected chi connectivity index (χ4v) is 2.50. The third-order valence-electron chi connectivity index (χ3n) is 3.68. The molecule has 0 fully saturated rings. The van der Waals surface area contributed by atoms with Gasteiger partial charge in [-0.25, -0.2) is 4.98 Å². The number of hydrogen-bond donors (Lipinski definition) is 2. The number of anilines is 2. The lowest BCUT2D eigenvalue weighted by Crippen LogP contribution is -2.04. The summed E-state index contributed by atoms with van der Waals surface area (Å²) in [6.45, 7) is 4.28. The Morgan fingerprint density at radius 2 is 1.80 bits per heavy atom. The van der Waals surface area contributed by atoms with Crippen molar-refractivity contribution < 1.29 is 0 Å². The summed E-state index contributed by atoms with van der Waals surface area (Å²) in [6.07, 6.45) is 9.26. The maximum Gasteiger partial charge on any atom is 0.224 e. The minimum absolute atomic E-state index is 0.175. The van der Waals surface area contributed by atoms with Crippen LogP contribution in [0.5, 0.6) is 0 Å². The summed E-state index contributed by atoms with van der Waals surface area (Å²) < 4.78 is 0. The Labute approximate surface area is 119 Å². The van der Waals surface area contributed by atoms with E-state index in [-0.39, 0.29) is 5.95 Å². The summed E-state index contributed by atoms with van der Waals surface area (Å²) in [5.41, 5.74) is 14.5. The first-order valence-electron chi connectivity index (χ1n) is 7.30. The highest BCUT2D eigenvalue weighted by Gasteiger charge is 2.10. The van der Waals surface area contributed by atoms with Gasteiger partial charge in [-0.2, -0.15) is 9.97 Å². The number of nitrogens with two attached hydrogens (primary N) is 2. The van der Waals surface area contributed by atoms with Gasteiger partial charge in [0.1, 0.15) is 5.82 Å². The largest absolute Gasteiger partial charge is 0.383 e. The van der Waals surface area contributed by atoms with Crippen molar-refractivity contribution in [2.24, 2.45) is 0 Å². The van der Waals surface area contributed by atoms with Crippen LogP contribution in [-0.4, -0.2) is 15.0 Å². The molecule has 2 rings (SSSR count). The molecule has 0 aromatic carbocycles. The second-order valence-electron chi connectivity index (χ2n) is 5.24. The van der Waals surface area contributed by atoms with Crippen LogP contribution in [0.25, 0.3) is 11.0 Å². The molecule has 0 amide bonds. The molecule has 0 unspecified atom stereocenters. The summed E-state index contributed by atoms with van der Waals surface area (Å²) in [4.78, 5) is 12.5. The van der Waals surface area contributed by atoms with Crippen molar-refractivity contribution in [1.82, 2.24) is 15.0 Å². The smallest absolute Gasteiger partial charge is 0.224 e. The molecule has 2 heterocycles. The van der Waals surface area contributed by atoms with Crippen molar-refractivity contribution in [2.45, 2.75) is 52.4 Å². The molecule has 0 saturated heterocycles. The molecule has 0 saturated carbocycles. The summed E-state index contributed by atoms with van der Waals surface area (Å²) in [5, 5.41) is 0.838. The molecule has 0 bridgehead atoms. The van der Waals surface area contributed by atoms with E-state index in [1.54, 1.807) is 0 Å². The molecule has 0 aliphatic carbocycles. The Bertz CT molecular complexity index is 594. The lowest BCUT2D eigenvalue weighted by Gasteiger charge is -2.10. The molecule has 2 aromatic rings. The summed E-state index contributed by atoms with van der Waals surface area (Å²) in [5.74, 6) is 0.597. The Balaban J connectivity index is 2.17. The van der Waals surface area contributed by atoms with E-state index in [2.05, 4.69) is 28.8 Å². The van der Waals surface area contributed by atoms with Gasteiger partial charge in [-0.1, -0.05) is 32.6 Å². The third-order valence-corrected chi connectivity index (χ3v) is 3.68. The van der Waals surface area contributed by atoms with E-state index in [4.69, 9.17) is 11.5 Å². The van der Waals surface area contributed by atoms with Crippen molar-refractivity contribution in [3.63, 3.8) is 0 Å². The Hall–Kier alpha value is -1.91. The predicted molar refractivity (Wildman–Crippen MR) is 83.4 cm³/mol. The van der Waals surface area contributed by atoms with Crippen LogP contribution in [0.15, 0.2) is 6.20 Å². The van der Waals surface area contributed by atoms with E-state index >= 15 is 0 Å². The number of nitrogen functional groups attached to an aromatic ring is 2. The number of aromatic nitrogens is 3. The maximum atomic E-state index is 5.95. The van der Waals surface area contributed by atoms with Gasteiger partial charge in [0, 0.05) is 6.20 Å². The van der Waals surface area contributed by atoms with Crippen molar-refractivity contribution >= 4 is 22.8 Å². The predicted octanol–water partition coefficient (Wildman–Crippen LogP) is 3.01. The highest BCUT2D eigenvalue weighted by Crippen LogP contribution is 2.24. The van der Waals surface area contributed by atoms with E-state index in [1.807, 2.05) is 6.20 Å². The number of fused-ring (bicyclic) bond motifs is 1. The van der Waals surface area contributed by atoms with Gasteiger partial charge in [0.2, 0.25) is 5.95 Å². The number of aryl methyl sites for hydroxylation is 2. The first-order valence-corrected chi connectivity index (χ1v) is 7.30. The molecule has 0 atom stereocenters. The van der Waals surface area contributed by atoms with Crippen molar-refractivity contribution in [2.75, 3.05) is 11.5 Å². The molecule has 5 heteroatoms. The number of rotatable bonds is 6. The zero-order valence-corrected chi connectivity index (χ0v) is 12.3. The van der Waals surface area contributed by atoms with Gasteiger partial charge in [0.15, 0.2) is 5.65 Å². The lowest BCUT2D eigenvalue weighted by atomic mass is 10.0. The minimum atomic E-state index is 0.175. The van der Waals surface area contributed by atoms with Gasteiger partial charge in [-0.15, -0.1) is 0 Å². The fraction of sp³-hybridized carbons (Fsp3) is 0.533. The van der Waals surface area contributed by atoms with Crippen LogP contribution >= 0.6 is 0 Å². The van der Waals surface area contributed by atoms with E-state index in [0.717, 1.165) is 17.4 Å². The van der Waals surface area contributed by atoms with E-state index in [9.17, 15) is 0 Å². The maximum absolute atomic E-state index is 5.95. The highest BCUT2D eigenvalue weighted by atomic mass is 15.1. The monoisotopic (exact) mass is 273 g/mol. The van der Waals surface area contributed by atoms with E-state index < -0.39 is 0 Å². The molecule has 0 spiro atoms. The van der Waals surface area contributed by atoms with E-state index in [0.29, 0.717) is 11.5 Å². The highest BCUT2D eigenvalue weighted by molar-refractivity contribution is 5.89. The van der Waals surface area contributed by atoms with Crippen LogP contribution in [0, 0.1) is 6.92 Å². The summed E-state index contributed by atoms with van der Waals surface area (Å²) in [7, 11) is 0. The fourth-order valence-electron chi connectivity index (χ4n) is 2.50. The molecular formula is C15H23N5. The zero-order valence-electron chi connectivity index (χ0n) is 12.3. The van der Waals surface area contributed by atoms with Crippen molar-refractivity contribution in [3.8, 4) is 0 Å². The number of unbranched alkanes of at least 4 members (excludes halogenated alkanes) is 4. The first-order chi connectivity index (χ1) is 9.63. The van der Waals surface area contributed by atoms with Crippen LogP contribution < -0.4 is 11.5 Å². The van der Waals surface area contributed by atoms with Gasteiger partial charge < -0.3 is 11.5 Å². The van der Waals surface area contributed by atoms with Gasteiger partial charge in [0.25, 0.3) is 0 Å². The molecule has 20 heavy (non-hydrogen) atoms. The lowest BCUT2D eigenvalue weighted by molar-refractivity contribution is 0.631. The van der Waals surface area contributed by atoms with Crippen molar-refractivity contribution in [3.05, 3.63) is 17.3 Å². The molecule has 0 radical (unpaired) electrons. The average molecular weight is 273 g/mol. The summed E-state index contributed by atoms with van der Waals surface area (Å²) >= 11 is 0. The topological polar surface area (TPSA) is 90.7 Å². The molecule has 2 aromatic heterocycles. The molecule has 0 aliphatic heterocycles. The van der Waals surface area contributed by atoms with Gasteiger partial charge in [-0.3, -0.25) is 0 Å². The Kier molecular flexibility index (Phi) is 4.71. The molecular weight excluding hydrogens is 250 g/mol. The van der Waals surface area contributed by atoms with Gasteiger partial charge >= 0.3 is 0 Å². The minimum Gasteiger partial charge on any atom is -0.383 e. The average Bonchev–Trinajstić information content (AvgIpc) is 2.40. The third kappa shape index (κ3) is 3.15. The summed E-state index contributed by atoms with van der Waals surface area (Å²) in [6, 6.07) is 0. The first kappa shape index (κ1) is 14.5. The van der Waals surface area contributed by atoms with Gasteiger partial charge in [-0.05, 0) is 30.9 Å². The molecule has 0 aliphatic rings. The molecule has 5 nitrogen and oxygen atoms in total. The molecule has 108 valence electrons. The number of hydrogen-bond acceptors (Lipinski definition) is 5. The van der Waals surface area contributed by atoms with Crippen LogP contribution in [-0.2, 0) is 6.42 Å². The van der Waals surface area contributed by atoms with E-state index in [1.165, 1.54) is 37.7 Å². The molecule has 4 N–H and O–H groups in total.